The first-order valence-corrected chi connectivity index (χ1v) is 14.1. The van der Waals surface area contributed by atoms with Crippen LogP contribution < -0.4 is 0 Å². The average molecular weight is 471 g/mol. The quantitative estimate of drug-likeness (QED) is 0.268. The Morgan fingerprint density at radius 3 is 1.61 bits per heavy atom. The second-order valence-electron chi connectivity index (χ2n) is 12.1. The predicted octanol–water partition coefficient (Wildman–Crippen LogP) is 9.13. The van der Waals surface area contributed by atoms with Gasteiger partial charge in [-0.05, 0) is 132 Å². The van der Waals surface area contributed by atoms with Crippen molar-refractivity contribution < 1.29 is 17.6 Å². The summed E-state index contributed by atoms with van der Waals surface area (Å²) in [6, 6.07) is 0. The first-order chi connectivity index (χ1) is 16.0. The highest BCUT2D eigenvalue weighted by molar-refractivity contribution is 4.95. The summed E-state index contributed by atoms with van der Waals surface area (Å²) in [4.78, 5) is 0. The fourth-order valence-corrected chi connectivity index (χ4v) is 8.17. The van der Waals surface area contributed by atoms with Gasteiger partial charge in [-0.15, -0.1) is 0 Å². The summed E-state index contributed by atoms with van der Waals surface area (Å²) in [6.45, 7) is 2.10. The zero-order valence-electron chi connectivity index (χ0n) is 20.6. The third-order valence-corrected chi connectivity index (χ3v) is 10.2. The Morgan fingerprint density at radius 1 is 0.576 bits per heavy atom. The Bertz CT molecular complexity index is 593. The van der Waals surface area contributed by atoms with Gasteiger partial charge in [-0.3, -0.25) is 0 Å². The first kappa shape index (κ1) is 25.5. The molecule has 0 bridgehead atoms. The molecule has 5 unspecified atom stereocenters. The maximum Gasteiger partial charge on any atom is 0.162 e. The molecule has 0 N–H and O–H groups in total. The van der Waals surface area contributed by atoms with Crippen LogP contribution in [0.5, 0.6) is 0 Å². The van der Waals surface area contributed by atoms with E-state index in [9.17, 15) is 13.2 Å². The molecule has 0 aromatic rings. The summed E-state index contributed by atoms with van der Waals surface area (Å²) in [5, 5.41) is 0. The Kier molecular flexibility index (Phi) is 9.24. The molecule has 4 aliphatic rings. The SMILES string of the molecule is CC=CCCC1CCC(C2CCC(C3CCC(C4CC(F)C(F)C(F)C4)C(F)C3)CC2)CC1. The fourth-order valence-electron chi connectivity index (χ4n) is 8.17. The molecule has 0 aromatic carbocycles. The summed E-state index contributed by atoms with van der Waals surface area (Å²) in [6.07, 6.45) is 13.5. The van der Waals surface area contributed by atoms with Gasteiger partial charge >= 0.3 is 0 Å². The number of hydrogen-bond donors (Lipinski definition) is 0. The Labute approximate surface area is 199 Å². The molecule has 0 amide bonds. The van der Waals surface area contributed by atoms with Crippen LogP contribution in [-0.4, -0.2) is 24.7 Å². The molecule has 0 aromatic heterocycles. The van der Waals surface area contributed by atoms with Crippen LogP contribution in [0.15, 0.2) is 12.2 Å². The summed E-state index contributed by atoms with van der Waals surface area (Å²) in [5.74, 6) is 3.15. The van der Waals surface area contributed by atoms with Crippen molar-refractivity contribution in [3.8, 4) is 0 Å². The Balaban J connectivity index is 1.18. The molecular weight excluding hydrogens is 424 g/mol. The van der Waals surface area contributed by atoms with Crippen molar-refractivity contribution in [2.75, 3.05) is 0 Å². The number of alkyl halides is 4. The topological polar surface area (TPSA) is 0 Å². The highest BCUT2D eigenvalue weighted by Gasteiger charge is 2.46. The van der Waals surface area contributed by atoms with Crippen LogP contribution in [0.25, 0.3) is 0 Å². The number of rotatable bonds is 6. The molecule has 4 heteroatoms. The van der Waals surface area contributed by atoms with Crippen LogP contribution in [0.2, 0.25) is 0 Å². The second-order valence-corrected chi connectivity index (χ2v) is 12.1. The molecule has 4 fully saturated rings. The molecule has 0 aliphatic heterocycles. The van der Waals surface area contributed by atoms with Crippen molar-refractivity contribution in [3.63, 3.8) is 0 Å². The van der Waals surface area contributed by atoms with Crippen LogP contribution >= 0.6 is 0 Å². The third kappa shape index (κ3) is 6.37. The van der Waals surface area contributed by atoms with Crippen molar-refractivity contribution in [3.05, 3.63) is 12.2 Å². The largest absolute Gasteiger partial charge is 0.247 e. The molecule has 33 heavy (non-hydrogen) atoms. The first-order valence-electron chi connectivity index (χ1n) is 14.1. The van der Waals surface area contributed by atoms with E-state index in [1.165, 1.54) is 64.2 Å². The van der Waals surface area contributed by atoms with Gasteiger partial charge in [0.05, 0.1) is 0 Å². The molecule has 5 atom stereocenters. The van der Waals surface area contributed by atoms with E-state index < -0.39 is 24.7 Å². The average Bonchev–Trinajstić information content (AvgIpc) is 2.83. The molecular formula is C29H46F4. The van der Waals surface area contributed by atoms with Crippen molar-refractivity contribution in [2.24, 2.45) is 41.4 Å². The maximum atomic E-state index is 15.2. The Hall–Kier alpha value is -0.540. The molecule has 0 heterocycles. The van der Waals surface area contributed by atoms with Crippen LogP contribution in [-0.2, 0) is 0 Å². The molecule has 4 saturated carbocycles. The van der Waals surface area contributed by atoms with Crippen molar-refractivity contribution in [1.82, 2.24) is 0 Å². The highest BCUT2D eigenvalue weighted by Crippen LogP contribution is 2.49. The van der Waals surface area contributed by atoms with E-state index in [1.807, 2.05) is 0 Å². The van der Waals surface area contributed by atoms with Gasteiger partial charge in [-0.2, -0.15) is 0 Å². The normalized spacial score (nSPS) is 47.6. The van der Waals surface area contributed by atoms with Gasteiger partial charge in [0.15, 0.2) is 6.17 Å². The van der Waals surface area contributed by atoms with Gasteiger partial charge in [0.1, 0.15) is 18.5 Å². The van der Waals surface area contributed by atoms with Gasteiger partial charge in [0.2, 0.25) is 0 Å². The minimum atomic E-state index is -2.01. The standard InChI is InChI=1S/C29H46F4/c1-2-3-4-5-19-6-8-20(9-7-19)21-10-12-22(13-11-21)23-14-15-25(26(30)16-23)24-17-27(31)29(33)28(32)18-24/h2-3,19-29H,4-18H2,1H3. The zero-order valence-corrected chi connectivity index (χ0v) is 20.6. The number of halogens is 4. The van der Waals surface area contributed by atoms with Crippen molar-refractivity contribution in [1.29, 1.82) is 0 Å². The van der Waals surface area contributed by atoms with Gasteiger partial charge in [0, 0.05) is 0 Å². The van der Waals surface area contributed by atoms with Crippen molar-refractivity contribution in [2.45, 2.75) is 128 Å². The maximum absolute atomic E-state index is 15.2. The summed E-state index contributed by atoms with van der Waals surface area (Å²) in [5.41, 5.74) is 0. The molecule has 4 rings (SSSR count). The molecule has 0 saturated heterocycles. The van der Waals surface area contributed by atoms with E-state index in [0.717, 1.165) is 30.6 Å². The second kappa shape index (κ2) is 11.9. The molecule has 0 spiro atoms. The molecule has 190 valence electrons. The van der Waals surface area contributed by atoms with E-state index in [0.29, 0.717) is 18.3 Å². The molecule has 0 nitrogen and oxygen atoms in total. The lowest BCUT2D eigenvalue weighted by Gasteiger charge is -2.44. The molecule has 0 radical (unpaired) electrons. The minimum Gasteiger partial charge on any atom is -0.247 e. The minimum absolute atomic E-state index is 0.00000147. The van der Waals surface area contributed by atoms with Gasteiger partial charge < -0.3 is 0 Å². The van der Waals surface area contributed by atoms with Gasteiger partial charge in [-0.25, -0.2) is 17.6 Å². The van der Waals surface area contributed by atoms with Crippen LogP contribution in [0, 0.1) is 41.4 Å². The summed E-state index contributed by atoms with van der Waals surface area (Å²) in [7, 11) is 0. The van der Waals surface area contributed by atoms with E-state index in [-0.39, 0.29) is 24.7 Å². The lowest BCUT2D eigenvalue weighted by Crippen LogP contribution is -2.43. The van der Waals surface area contributed by atoms with E-state index in [4.69, 9.17) is 0 Å². The van der Waals surface area contributed by atoms with Crippen molar-refractivity contribution >= 4 is 0 Å². The van der Waals surface area contributed by atoms with E-state index in [1.54, 1.807) is 0 Å². The van der Waals surface area contributed by atoms with Crippen LogP contribution in [0.1, 0.15) is 103 Å². The van der Waals surface area contributed by atoms with Gasteiger partial charge in [-0.1, -0.05) is 25.0 Å². The molecule has 4 aliphatic carbocycles. The smallest absolute Gasteiger partial charge is 0.162 e. The summed E-state index contributed by atoms with van der Waals surface area (Å²) < 4.78 is 56.4. The highest BCUT2D eigenvalue weighted by atomic mass is 19.2. The fraction of sp³-hybridized carbons (Fsp3) is 0.931. The lowest BCUT2D eigenvalue weighted by molar-refractivity contribution is -0.0292. The predicted molar refractivity (Wildman–Crippen MR) is 128 cm³/mol. The zero-order chi connectivity index (χ0) is 23.4. The lowest BCUT2D eigenvalue weighted by atomic mass is 9.62. The number of hydrogen-bond acceptors (Lipinski definition) is 0. The monoisotopic (exact) mass is 470 g/mol. The third-order valence-electron chi connectivity index (χ3n) is 10.2. The van der Waals surface area contributed by atoms with E-state index >= 15 is 4.39 Å². The van der Waals surface area contributed by atoms with E-state index in [2.05, 4.69) is 19.1 Å². The van der Waals surface area contributed by atoms with Crippen LogP contribution in [0.3, 0.4) is 0 Å². The van der Waals surface area contributed by atoms with Crippen LogP contribution in [0.4, 0.5) is 17.6 Å². The summed E-state index contributed by atoms with van der Waals surface area (Å²) >= 11 is 0. The van der Waals surface area contributed by atoms with Gasteiger partial charge in [0.25, 0.3) is 0 Å². The number of allylic oxidation sites excluding steroid dienone is 2. The Morgan fingerprint density at radius 2 is 1.06 bits per heavy atom.